The van der Waals surface area contributed by atoms with Gasteiger partial charge >= 0.3 is 5.97 Å². The molecule has 0 saturated heterocycles. The van der Waals surface area contributed by atoms with Crippen molar-refractivity contribution in [2.75, 3.05) is 0 Å². The molecule has 142 valence electrons. The molecule has 1 fully saturated rings. The second-order valence-electron chi connectivity index (χ2n) is 7.50. The van der Waals surface area contributed by atoms with Gasteiger partial charge in [0.25, 0.3) is 0 Å². The smallest absolute Gasteiger partial charge is 0.306 e. The van der Waals surface area contributed by atoms with Gasteiger partial charge in [0.1, 0.15) is 6.04 Å². The van der Waals surface area contributed by atoms with Crippen LogP contribution in [0.15, 0.2) is 28.7 Å². The summed E-state index contributed by atoms with van der Waals surface area (Å²) in [4.78, 5) is 26.4. The predicted octanol–water partition coefficient (Wildman–Crippen LogP) is 2.90. The summed E-state index contributed by atoms with van der Waals surface area (Å²) in [6, 6.07) is 7.83. The third-order valence-corrected chi connectivity index (χ3v) is 5.78. The van der Waals surface area contributed by atoms with E-state index >= 15 is 0 Å². The number of carboxylic acid groups (broad SMARTS) is 1. The van der Waals surface area contributed by atoms with Crippen LogP contribution in [0, 0.1) is 18.8 Å². The second-order valence-corrected chi connectivity index (χ2v) is 7.50. The van der Waals surface area contributed by atoms with E-state index in [1.54, 1.807) is 6.92 Å². The number of fused-ring (bicyclic) bond motifs is 1. The maximum Gasteiger partial charge on any atom is 0.306 e. The summed E-state index contributed by atoms with van der Waals surface area (Å²) in [6.45, 7) is 2.26. The lowest BCUT2D eigenvalue weighted by atomic mass is 9.80. The fourth-order valence-electron chi connectivity index (χ4n) is 4.24. The van der Waals surface area contributed by atoms with Gasteiger partial charge in [0.15, 0.2) is 0 Å². The van der Waals surface area contributed by atoms with Gasteiger partial charge in [-0.15, -0.1) is 10.2 Å². The number of rotatable bonds is 3. The summed E-state index contributed by atoms with van der Waals surface area (Å²) in [5.41, 5.74) is 2.33. The molecule has 0 bridgehead atoms. The van der Waals surface area contributed by atoms with Crippen molar-refractivity contribution >= 4 is 11.9 Å². The van der Waals surface area contributed by atoms with Gasteiger partial charge in [0.2, 0.25) is 17.7 Å². The molecule has 2 aliphatic rings. The highest BCUT2D eigenvalue weighted by Gasteiger charge is 2.39. The Morgan fingerprint density at radius 2 is 1.74 bits per heavy atom. The predicted molar refractivity (Wildman–Crippen MR) is 95.6 cm³/mol. The van der Waals surface area contributed by atoms with Crippen molar-refractivity contribution < 1.29 is 19.1 Å². The third-order valence-electron chi connectivity index (χ3n) is 5.78. The molecule has 1 aliphatic heterocycles. The van der Waals surface area contributed by atoms with Crippen LogP contribution < -0.4 is 0 Å². The summed E-state index contributed by atoms with van der Waals surface area (Å²) in [5, 5.41) is 17.3. The van der Waals surface area contributed by atoms with Crippen molar-refractivity contribution in [3.63, 3.8) is 0 Å². The number of hydrogen-bond acceptors (Lipinski definition) is 5. The molecule has 1 atom stereocenters. The second kappa shape index (κ2) is 7.13. The molecule has 1 aromatic heterocycles. The Kier molecular flexibility index (Phi) is 4.68. The molecule has 0 radical (unpaired) electrons. The van der Waals surface area contributed by atoms with Crippen LogP contribution in [-0.4, -0.2) is 32.1 Å². The molecule has 2 aromatic rings. The van der Waals surface area contributed by atoms with Gasteiger partial charge < -0.3 is 14.4 Å². The quantitative estimate of drug-likeness (QED) is 0.894. The molecule has 1 N–H and O–H groups in total. The van der Waals surface area contributed by atoms with E-state index in [2.05, 4.69) is 16.3 Å². The first-order chi connectivity index (χ1) is 13.0. The first kappa shape index (κ1) is 17.7. The Bertz CT molecular complexity index is 854. The highest BCUT2D eigenvalue weighted by molar-refractivity contribution is 5.80. The summed E-state index contributed by atoms with van der Waals surface area (Å²) in [7, 11) is 0. The number of aromatic nitrogens is 2. The number of nitrogens with zero attached hydrogens (tertiary/aromatic N) is 3. The van der Waals surface area contributed by atoms with Crippen molar-refractivity contribution in [2.45, 2.75) is 51.6 Å². The maximum absolute atomic E-state index is 13.3. The maximum atomic E-state index is 13.3. The van der Waals surface area contributed by atoms with Crippen LogP contribution in [0.3, 0.4) is 0 Å². The number of carbonyl (C=O) groups excluding carboxylic acids is 1. The molecule has 1 aliphatic carbocycles. The first-order valence-electron chi connectivity index (χ1n) is 9.43. The monoisotopic (exact) mass is 369 g/mol. The van der Waals surface area contributed by atoms with E-state index in [1.807, 2.05) is 23.1 Å². The SMILES string of the molecule is Cc1nnc(C2Cc3ccccc3CN2C(=O)C2CCC(C(=O)O)CC2)o1. The molecule has 7 heteroatoms. The third kappa shape index (κ3) is 3.46. The Labute approximate surface area is 157 Å². The largest absolute Gasteiger partial charge is 0.481 e. The molecule has 1 aromatic carbocycles. The Morgan fingerprint density at radius 1 is 1.07 bits per heavy atom. The molecule has 1 unspecified atom stereocenters. The number of carboxylic acids is 1. The lowest BCUT2D eigenvalue weighted by molar-refractivity contribution is -0.147. The molecule has 0 spiro atoms. The Balaban J connectivity index is 1.58. The zero-order chi connectivity index (χ0) is 19.0. The van der Waals surface area contributed by atoms with Gasteiger partial charge in [-0.3, -0.25) is 9.59 Å². The number of aliphatic carboxylic acids is 1. The van der Waals surface area contributed by atoms with Crippen LogP contribution in [0.5, 0.6) is 0 Å². The van der Waals surface area contributed by atoms with Crippen molar-refractivity contribution in [2.24, 2.45) is 11.8 Å². The van der Waals surface area contributed by atoms with E-state index < -0.39 is 5.97 Å². The summed E-state index contributed by atoms with van der Waals surface area (Å²) in [5.74, 6) is -0.211. The van der Waals surface area contributed by atoms with Crippen LogP contribution in [0.4, 0.5) is 0 Å². The molecule has 1 saturated carbocycles. The van der Waals surface area contributed by atoms with E-state index in [1.165, 1.54) is 5.56 Å². The summed E-state index contributed by atoms with van der Waals surface area (Å²) in [6.07, 6.45) is 2.99. The van der Waals surface area contributed by atoms with Gasteiger partial charge in [-0.25, -0.2) is 0 Å². The lowest BCUT2D eigenvalue weighted by Gasteiger charge is -2.38. The summed E-state index contributed by atoms with van der Waals surface area (Å²) < 4.78 is 5.66. The van der Waals surface area contributed by atoms with Crippen LogP contribution in [0.2, 0.25) is 0 Å². The number of aryl methyl sites for hydroxylation is 1. The average Bonchev–Trinajstić information content (AvgIpc) is 3.12. The minimum absolute atomic E-state index is 0.0641. The van der Waals surface area contributed by atoms with Crippen LogP contribution >= 0.6 is 0 Å². The minimum Gasteiger partial charge on any atom is -0.481 e. The Morgan fingerprint density at radius 3 is 2.37 bits per heavy atom. The topological polar surface area (TPSA) is 96.5 Å². The highest BCUT2D eigenvalue weighted by atomic mass is 16.4. The van der Waals surface area contributed by atoms with Crippen LogP contribution in [0.25, 0.3) is 0 Å². The van der Waals surface area contributed by atoms with E-state index in [0.717, 1.165) is 5.56 Å². The first-order valence-corrected chi connectivity index (χ1v) is 9.43. The number of hydrogen-bond donors (Lipinski definition) is 1. The average molecular weight is 369 g/mol. The molecule has 27 heavy (non-hydrogen) atoms. The van der Waals surface area contributed by atoms with Gasteiger partial charge in [-0.1, -0.05) is 24.3 Å². The van der Waals surface area contributed by atoms with E-state index in [-0.39, 0.29) is 23.8 Å². The van der Waals surface area contributed by atoms with E-state index in [0.29, 0.717) is 50.4 Å². The molecule has 4 rings (SSSR count). The molecule has 7 nitrogen and oxygen atoms in total. The van der Waals surface area contributed by atoms with E-state index in [9.17, 15) is 14.7 Å². The highest BCUT2D eigenvalue weighted by Crippen LogP contribution is 2.37. The normalized spacial score (nSPS) is 25.1. The standard InChI is InChI=1S/C20H23N3O4/c1-12-21-22-18(27-12)17-10-15-4-2-3-5-16(15)11-23(17)19(24)13-6-8-14(9-7-13)20(25)26/h2-5,13-14,17H,6-11H2,1H3,(H,25,26). The van der Waals surface area contributed by atoms with Crippen LogP contribution in [-0.2, 0) is 22.6 Å². The Hall–Kier alpha value is -2.70. The van der Waals surface area contributed by atoms with Gasteiger partial charge in [-0.05, 0) is 36.8 Å². The van der Waals surface area contributed by atoms with Crippen molar-refractivity contribution in [3.8, 4) is 0 Å². The van der Waals surface area contributed by atoms with Crippen molar-refractivity contribution in [1.29, 1.82) is 0 Å². The minimum atomic E-state index is -0.757. The van der Waals surface area contributed by atoms with Gasteiger partial charge in [-0.2, -0.15) is 0 Å². The zero-order valence-electron chi connectivity index (χ0n) is 15.3. The van der Waals surface area contributed by atoms with Crippen molar-refractivity contribution in [3.05, 3.63) is 47.2 Å². The van der Waals surface area contributed by atoms with Crippen molar-refractivity contribution in [1.82, 2.24) is 15.1 Å². The molecular weight excluding hydrogens is 346 g/mol. The van der Waals surface area contributed by atoms with Gasteiger partial charge in [0.05, 0.1) is 5.92 Å². The van der Waals surface area contributed by atoms with Crippen LogP contribution in [0.1, 0.15) is 54.6 Å². The fourth-order valence-corrected chi connectivity index (χ4v) is 4.24. The number of benzene rings is 1. The molecule has 1 amide bonds. The number of amides is 1. The lowest BCUT2D eigenvalue weighted by Crippen LogP contribution is -2.43. The summed E-state index contributed by atoms with van der Waals surface area (Å²) >= 11 is 0. The fraction of sp³-hybridized carbons (Fsp3) is 0.500. The zero-order valence-corrected chi connectivity index (χ0v) is 15.3. The molecular formula is C20H23N3O4. The van der Waals surface area contributed by atoms with E-state index in [4.69, 9.17) is 4.42 Å². The number of carbonyl (C=O) groups is 2. The molecule has 2 heterocycles. The van der Waals surface area contributed by atoms with Gasteiger partial charge in [0, 0.05) is 25.8 Å².